The zero-order chi connectivity index (χ0) is 11.9. The van der Waals surface area contributed by atoms with Crippen LogP contribution in [-0.4, -0.2) is 80.5 Å². The minimum atomic E-state index is -0.912. The maximum atomic E-state index is 9.03. The summed E-state index contributed by atoms with van der Waals surface area (Å²) in [7, 11) is 6.17. The predicted molar refractivity (Wildman–Crippen MR) is 57.4 cm³/mol. The van der Waals surface area contributed by atoms with E-state index >= 15 is 0 Å². The Labute approximate surface area is 91.5 Å². The zero-order valence-corrected chi connectivity index (χ0v) is 9.94. The molecular weight excluding hydrogens is 198 g/mol. The van der Waals surface area contributed by atoms with Crippen molar-refractivity contribution in [3.8, 4) is 0 Å². The quantitative estimate of drug-likeness (QED) is 0.352. The van der Waals surface area contributed by atoms with Gasteiger partial charge in [-0.3, -0.25) is 0 Å². The van der Waals surface area contributed by atoms with Crippen LogP contribution in [0.1, 0.15) is 0 Å². The Kier molecular flexibility index (Phi) is 6.31. The Morgan fingerprint density at radius 2 is 1.47 bits per heavy atom. The molecule has 0 rings (SSSR count). The number of aliphatic hydroxyl groups excluding tert-OH is 3. The summed E-state index contributed by atoms with van der Waals surface area (Å²) in [6.45, 7) is 0.749. The van der Waals surface area contributed by atoms with Gasteiger partial charge in [0.1, 0.15) is 6.54 Å². The Balaban J connectivity index is 3.82. The van der Waals surface area contributed by atoms with E-state index in [0.717, 1.165) is 11.0 Å². The lowest BCUT2D eigenvalue weighted by Gasteiger charge is -2.28. The molecule has 5 nitrogen and oxygen atoms in total. The molecule has 0 aromatic heterocycles. The van der Waals surface area contributed by atoms with Crippen LogP contribution in [0.3, 0.4) is 0 Å². The van der Waals surface area contributed by atoms with Gasteiger partial charge in [-0.15, -0.1) is 0 Å². The standard InChI is InChI=1S/C10H24NO4/c1-11(2,3)4-5-15-9-10(6-12,7-13)8-14/h12-14H,4-9H2,1-3H3/q+1. The minimum Gasteiger partial charge on any atom is -0.396 e. The molecule has 0 atom stereocenters. The summed E-state index contributed by atoms with van der Waals surface area (Å²) < 4.78 is 6.15. The van der Waals surface area contributed by atoms with E-state index in [1.807, 2.05) is 0 Å². The summed E-state index contributed by atoms with van der Waals surface area (Å²) in [5, 5.41) is 27.1. The molecule has 0 aliphatic carbocycles. The zero-order valence-electron chi connectivity index (χ0n) is 9.94. The molecule has 0 aromatic rings. The molecule has 0 unspecified atom stereocenters. The number of nitrogens with zero attached hydrogens (tertiary/aromatic N) is 1. The van der Waals surface area contributed by atoms with Crippen LogP contribution in [0.4, 0.5) is 0 Å². The molecule has 0 aromatic carbocycles. The summed E-state index contributed by atoms with van der Waals surface area (Å²) >= 11 is 0. The molecule has 5 heteroatoms. The summed E-state index contributed by atoms with van der Waals surface area (Å²) in [5.41, 5.74) is -0.912. The van der Waals surface area contributed by atoms with E-state index in [4.69, 9.17) is 20.1 Å². The Bertz CT molecular complexity index is 155. The second kappa shape index (κ2) is 6.40. The highest BCUT2D eigenvalue weighted by molar-refractivity contribution is 4.76. The monoisotopic (exact) mass is 222 g/mol. The lowest BCUT2D eigenvalue weighted by Crippen LogP contribution is -2.41. The Morgan fingerprint density at radius 3 is 1.80 bits per heavy atom. The number of hydrogen-bond acceptors (Lipinski definition) is 4. The van der Waals surface area contributed by atoms with Gasteiger partial charge in [-0.2, -0.15) is 0 Å². The van der Waals surface area contributed by atoms with Gasteiger partial charge in [0.05, 0.1) is 59.6 Å². The van der Waals surface area contributed by atoms with E-state index in [0.29, 0.717) is 6.61 Å². The average molecular weight is 222 g/mol. The van der Waals surface area contributed by atoms with E-state index in [1.54, 1.807) is 0 Å². The second-order valence-electron chi connectivity index (χ2n) is 5.04. The third kappa shape index (κ3) is 6.06. The Morgan fingerprint density at radius 1 is 1.00 bits per heavy atom. The summed E-state index contributed by atoms with van der Waals surface area (Å²) in [5.74, 6) is 0. The lowest BCUT2D eigenvalue weighted by atomic mass is 9.93. The molecule has 3 N–H and O–H groups in total. The van der Waals surface area contributed by atoms with Gasteiger partial charge in [-0.25, -0.2) is 0 Å². The molecule has 0 amide bonds. The third-order valence-corrected chi connectivity index (χ3v) is 2.32. The first-order valence-corrected chi connectivity index (χ1v) is 5.10. The first-order valence-electron chi connectivity index (χ1n) is 5.10. The van der Waals surface area contributed by atoms with Crippen molar-refractivity contribution < 1.29 is 24.5 Å². The lowest BCUT2D eigenvalue weighted by molar-refractivity contribution is -0.870. The van der Waals surface area contributed by atoms with Crippen LogP contribution in [-0.2, 0) is 4.74 Å². The molecule has 92 valence electrons. The van der Waals surface area contributed by atoms with Gasteiger partial charge in [-0.05, 0) is 0 Å². The van der Waals surface area contributed by atoms with Crippen LogP contribution in [0, 0.1) is 5.41 Å². The smallest absolute Gasteiger partial charge is 0.102 e. The van der Waals surface area contributed by atoms with Crippen LogP contribution in [0.25, 0.3) is 0 Å². The highest BCUT2D eigenvalue weighted by atomic mass is 16.5. The molecule has 0 saturated carbocycles. The van der Waals surface area contributed by atoms with E-state index in [2.05, 4.69) is 21.1 Å². The van der Waals surface area contributed by atoms with Crippen molar-refractivity contribution in [1.82, 2.24) is 0 Å². The van der Waals surface area contributed by atoms with Crippen LogP contribution < -0.4 is 0 Å². The van der Waals surface area contributed by atoms with Crippen molar-refractivity contribution in [2.24, 2.45) is 5.41 Å². The summed E-state index contributed by atoms with van der Waals surface area (Å²) in [6.07, 6.45) is 0. The first kappa shape index (κ1) is 14.8. The Hall–Kier alpha value is -0.200. The topological polar surface area (TPSA) is 69.9 Å². The number of aliphatic hydroxyl groups is 3. The summed E-state index contributed by atoms with van der Waals surface area (Å²) in [4.78, 5) is 0. The number of rotatable bonds is 8. The summed E-state index contributed by atoms with van der Waals surface area (Å²) in [6, 6.07) is 0. The van der Waals surface area contributed by atoms with Crippen molar-refractivity contribution in [2.75, 3.05) is 60.7 Å². The van der Waals surface area contributed by atoms with Gasteiger partial charge < -0.3 is 24.5 Å². The van der Waals surface area contributed by atoms with Crippen LogP contribution in [0.15, 0.2) is 0 Å². The number of likely N-dealkylation sites (N-methyl/N-ethyl adjacent to an activating group) is 1. The van der Waals surface area contributed by atoms with Gasteiger partial charge in [0.25, 0.3) is 0 Å². The SMILES string of the molecule is C[N+](C)(C)CCOCC(CO)(CO)CO. The van der Waals surface area contributed by atoms with E-state index in [9.17, 15) is 0 Å². The van der Waals surface area contributed by atoms with Crippen LogP contribution >= 0.6 is 0 Å². The third-order valence-electron chi connectivity index (χ3n) is 2.32. The van der Waals surface area contributed by atoms with Crippen molar-refractivity contribution >= 4 is 0 Å². The number of ether oxygens (including phenoxy) is 1. The van der Waals surface area contributed by atoms with Gasteiger partial charge in [0.15, 0.2) is 0 Å². The van der Waals surface area contributed by atoms with E-state index in [1.165, 1.54) is 0 Å². The first-order chi connectivity index (χ1) is 6.89. The fourth-order valence-corrected chi connectivity index (χ4v) is 0.914. The van der Waals surface area contributed by atoms with Crippen molar-refractivity contribution in [3.05, 3.63) is 0 Å². The second-order valence-corrected chi connectivity index (χ2v) is 5.04. The highest BCUT2D eigenvalue weighted by Crippen LogP contribution is 2.14. The molecular formula is C10H24NO4+. The van der Waals surface area contributed by atoms with E-state index < -0.39 is 5.41 Å². The van der Waals surface area contributed by atoms with Gasteiger partial charge in [-0.1, -0.05) is 0 Å². The highest BCUT2D eigenvalue weighted by Gasteiger charge is 2.28. The fourth-order valence-electron chi connectivity index (χ4n) is 0.914. The van der Waals surface area contributed by atoms with Gasteiger partial charge in [0, 0.05) is 0 Å². The van der Waals surface area contributed by atoms with Gasteiger partial charge in [0.2, 0.25) is 0 Å². The molecule has 0 bridgehead atoms. The molecule has 0 aliphatic rings. The van der Waals surface area contributed by atoms with Crippen LogP contribution in [0.5, 0.6) is 0 Å². The van der Waals surface area contributed by atoms with E-state index in [-0.39, 0.29) is 26.4 Å². The normalized spacial score (nSPS) is 13.2. The molecule has 15 heavy (non-hydrogen) atoms. The van der Waals surface area contributed by atoms with Crippen LogP contribution in [0.2, 0.25) is 0 Å². The van der Waals surface area contributed by atoms with Gasteiger partial charge >= 0.3 is 0 Å². The predicted octanol–water partition coefficient (Wildman–Crippen LogP) is -1.33. The molecule has 0 saturated heterocycles. The molecule has 0 heterocycles. The molecule has 0 radical (unpaired) electrons. The molecule has 0 fully saturated rings. The number of quaternary nitrogens is 1. The fraction of sp³-hybridized carbons (Fsp3) is 1.00. The maximum absolute atomic E-state index is 9.03. The largest absolute Gasteiger partial charge is 0.396 e. The molecule has 0 aliphatic heterocycles. The van der Waals surface area contributed by atoms with Crippen molar-refractivity contribution in [1.29, 1.82) is 0 Å². The maximum Gasteiger partial charge on any atom is 0.102 e. The van der Waals surface area contributed by atoms with Crippen molar-refractivity contribution in [3.63, 3.8) is 0 Å². The number of hydrogen-bond donors (Lipinski definition) is 3. The van der Waals surface area contributed by atoms with Crippen molar-refractivity contribution in [2.45, 2.75) is 0 Å². The molecule has 0 spiro atoms. The minimum absolute atomic E-state index is 0.177. The average Bonchev–Trinajstić information content (AvgIpc) is 2.18.